The molecule has 0 amide bonds. The van der Waals surface area contributed by atoms with E-state index in [1.807, 2.05) is 0 Å². The first kappa shape index (κ1) is 10.7. The molecule has 0 saturated carbocycles. The fraction of sp³-hybridized carbons (Fsp3) is 0.333. The summed E-state index contributed by atoms with van der Waals surface area (Å²) in [5, 5.41) is 3.17. The Morgan fingerprint density at radius 1 is 1.43 bits per heavy atom. The molecule has 1 aromatic rings. The van der Waals surface area contributed by atoms with E-state index in [0.29, 0.717) is 12.6 Å². The summed E-state index contributed by atoms with van der Waals surface area (Å²) in [6.45, 7) is 2.63. The average molecular weight is 191 g/mol. The summed E-state index contributed by atoms with van der Waals surface area (Å²) >= 11 is 0. The predicted molar refractivity (Wildman–Crippen MR) is 56.4 cm³/mol. The van der Waals surface area contributed by atoms with E-state index >= 15 is 0 Å². The predicted octanol–water partition coefficient (Wildman–Crippen LogP) is 1.98. The van der Waals surface area contributed by atoms with Gasteiger partial charge in [0.25, 0.3) is 0 Å². The molecule has 0 aliphatic heterocycles. The number of nitrogens with one attached hydrogen (secondary N) is 1. The number of hydrogen-bond donors (Lipinski definition) is 1. The minimum Gasteiger partial charge on any atom is -0.303 e. The Hall–Kier alpha value is -1.33. The molecule has 0 radical (unpaired) electrons. The zero-order valence-corrected chi connectivity index (χ0v) is 8.26. The maximum atomic E-state index is 12.6. The van der Waals surface area contributed by atoms with Crippen molar-refractivity contribution in [3.8, 4) is 12.3 Å². The highest BCUT2D eigenvalue weighted by Crippen LogP contribution is 2.05. The third kappa shape index (κ3) is 3.59. The molecule has 14 heavy (non-hydrogen) atoms. The van der Waals surface area contributed by atoms with Gasteiger partial charge >= 0.3 is 0 Å². The maximum Gasteiger partial charge on any atom is 0.123 e. The van der Waals surface area contributed by atoms with Gasteiger partial charge < -0.3 is 5.32 Å². The van der Waals surface area contributed by atoms with E-state index in [-0.39, 0.29) is 5.82 Å². The molecule has 2 heteroatoms. The third-order valence-corrected chi connectivity index (χ3v) is 2.01. The zero-order chi connectivity index (χ0) is 10.4. The van der Waals surface area contributed by atoms with Crippen LogP contribution in [0.3, 0.4) is 0 Å². The molecular weight excluding hydrogens is 177 g/mol. The van der Waals surface area contributed by atoms with Gasteiger partial charge in [-0.2, -0.15) is 0 Å². The monoisotopic (exact) mass is 191 g/mol. The van der Waals surface area contributed by atoms with Crippen molar-refractivity contribution >= 4 is 0 Å². The van der Waals surface area contributed by atoms with Crippen LogP contribution in [0.4, 0.5) is 4.39 Å². The molecule has 1 aromatic carbocycles. The van der Waals surface area contributed by atoms with Crippen molar-refractivity contribution in [2.45, 2.75) is 19.4 Å². The normalized spacial score (nSPS) is 12.1. The van der Waals surface area contributed by atoms with Crippen LogP contribution in [-0.2, 0) is 6.42 Å². The Kier molecular flexibility index (Phi) is 4.15. The van der Waals surface area contributed by atoms with E-state index in [4.69, 9.17) is 6.42 Å². The van der Waals surface area contributed by atoms with Crippen LogP contribution in [-0.4, -0.2) is 12.6 Å². The number of rotatable bonds is 4. The highest BCUT2D eigenvalue weighted by molar-refractivity contribution is 5.17. The van der Waals surface area contributed by atoms with E-state index in [1.165, 1.54) is 12.1 Å². The Labute approximate surface area is 84.3 Å². The van der Waals surface area contributed by atoms with E-state index in [0.717, 1.165) is 12.0 Å². The maximum absolute atomic E-state index is 12.6. The minimum absolute atomic E-state index is 0.196. The standard InChI is InChI=1S/C12H14FN/c1-3-8-14-10(2)9-11-4-6-12(13)7-5-11/h1,4-7,10,14H,8-9H2,2H3/t10-/m0/s1. The molecule has 0 saturated heterocycles. The minimum atomic E-state index is -0.196. The highest BCUT2D eigenvalue weighted by Gasteiger charge is 2.01. The Morgan fingerprint density at radius 3 is 2.64 bits per heavy atom. The topological polar surface area (TPSA) is 12.0 Å². The van der Waals surface area contributed by atoms with Gasteiger partial charge in [0.05, 0.1) is 6.54 Å². The molecule has 0 aliphatic carbocycles. The van der Waals surface area contributed by atoms with Gasteiger partial charge in [-0.15, -0.1) is 6.42 Å². The largest absolute Gasteiger partial charge is 0.303 e. The van der Waals surface area contributed by atoms with Gasteiger partial charge in [-0.25, -0.2) is 4.39 Å². The lowest BCUT2D eigenvalue weighted by Gasteiger charge is -2.11. The van der Waals surface area contributed by atoms with Gasteiger partial charge in [-0.1, -0.05) is 18.1 Å². The second-order valence-electron chi connectivity index (χ2n) is 3.32. The summed E-state index contributed by atoms with van der Waals surface area (Å²) in [6.07, 6.45) is 5.99. The smallest absolute Gasteiger partial charge is 0.123 e. The Bertz CT molecular complexity index is 310. The molecule has 0 unspecified atom stereocenters. The number of benzene rings is 1. The molecule has 0 spiro atoms. The molecule has 1 nitrogen and oxygen atoms in total. The fourth-order valence-electron chi connectivity index (χ4n) is 1.28. The number of halogens is 1. The molecule has 0 heterocycles. The number of terminal acetylenes is 1. The molecular formula is C12H14FN. The van der Waals surface area contributed by atoms with Crippen LogP contribution < -0.4 is 5.32 Å². The zero-order valence-electron chi connectivity index (χ0n) is 8.26. The van der Waals surface area contributed by atoms with Gasteiger partial charge in [0.1, 0.15) is 5.82 Å². The van der Waals surface area contributed by atoms with Crippen LogP contribution in [0.15, 0.2) is 24.3 Å². The molecule has 0 fully saturated rings. The van der Waals surface area contributed by atoms with Crippen molar-refractivity contribution in [3.63, 3.8) is 0 Å². The number of hydrogen-bond acceptors (Lipinski definition) is 1. The first-order valence-electron chi connectivity index (χ1n) is 4.63. The van der Waals surface area contributed by atoms with Crippen molar-refractivity contribution in [2.75, 3.05) is 6.54 Å². The van der Waals surface area contributed by atoms with Crippen molar-refractivity contribution in [1.29, 1.82) is 0 Å². The second kappa shape index (κ2) is 5.41. The molecule has 0 aliphatic rings. The summed E-state index contributed by atoms with van der Waals surface area (Å²) < 4.78 is 12.6. The summed E-state index contributed by atoms with van der Waals surface area (Å²) in [7, 11) is 0. The van der Waals surface area contributed by atoms with Gasteiger partial charge in [0, 0.05) is 6.04 Å². The van der Waals surface area contributed by atoms with Crippen LogP contribution in [0, 0.1) is 18.2 Å². The van der Waals surface area contributed by atoms with Crippen LogP contribution in [0.2, 0.25) is 0 Å². The fourth-order valence-corrected chi connectivity index (χ4v) is 1.28. The highest BCUT2D eigenvalue weighted by atomic mass is 19.1. The molecule has 1 rings (SSSR count). The Balaban J connectivity index is 2.44. The summed E-state index contributed by atoms with van der Waals surface area (Å²) in [5.74, 6) is 2.33. The van der Waals surface area contributed by atoms with Gasteiger partial charge in [-0.3, -0.25) is 0 Å². The lowest BCUT2D eigenvalue weighted by atomic mass is 10.1. The SMILES string of the molecule is C#CCN[C@@H](C)Cc1ccc(F)cc1. The summed E-state index contributed by atoms with van der Waals surface area (Å²) in [6, 6.07) is 6.86. The van der Waals surface area contributed by atoms with Gasteiger partial charge in [0.2, 0.25) is 0 Å². The van der Waals surface area contributed by atoms with E-state index < -0.39 is 0 Å². The van der Waals surface area contributed by atoms with Gasteiger partial charge in [-0.05, 0) is 31.0 Å². The first-order valence-corrected chi connectivity index (χ1v) is 4.63. The van der Waals surface area contributed by atoms with Gasteiger partial charge in [0.15, 0.2) is 0 Å². The van der Waals surface area contributed by atoms with Crippen LogP contribution in [0.25, 0.3) is 0 Å². The summed E-state index contributed by atoms with van der Waals surface area (Å²) in [4.78, 5) is 0. The first-order chi connectivity index (χ1) is 6.72. The quantitative estimate of drug-likeness (QED) is 0.717. The third-order valence-electron chi connectivity index (χ3n) is 2.01. The lowest BCUT2D eigenvalue weighted by molar-refractivity contribution is 0.583. The molecule has 0 aromatic heterocycles. The Morgan fingerprint density at radius 2 is 2.07 bits per heavy atom. The lowest BCUT2D eigenvalue weighted by Crippen LogP contribution is -2.28. The van der Waals surface area contributed by atoms with Crippen molar-refractivity contribution in [3.05, 3.63) is 35.6 Å². The van der Waals surface area contributed by atoms with Crippen LogP contribution in [0.1, 0.15) is 12.5 Å². The summed E-state index contributed by atoms with van der Waals surface area (Å²) in [5.41, 5.74) is 1.11. The average Bonchev–Trinajstić information content (AvgIpc) is 2.18. The van der Waals surface area contributed by atoms with E-state index in [2.05, 4.69) is 18.2 Å². The van der Waals surface area contributed by atoms with Crippen LogP contribution in [0.5, 0.6) is 0 Å². The molecule has 1 atom stereocenters. The van der Waals surface area contributed by atoms with Crippen molar-refractivity contribution < 1.29 is 4.39 Å². The van der Waals surface area contributed by atoms with Crippen molar-refractivity contribution in [2.24, 2.45) is 0 Å². The van der Waals surface area contributed by atoms with E-state index in [1.54, 1.807) is 12.1 Å². The second-order valence-corrected chi connectivity index (χ2v) is 3.32. The van der Waals surface area contributed by atoms with Crippen LogP contribution >= 0.6 is 0 Å². The molecule has 0 bridgehead atoms. The van der Waals surface area contributed by atoms with Crippen molar-refractivity contribution in [1.82, 2.24) is 5.32 Å². The molecule has 1 N–H and O–H groups in total. The van der Waals surface area contributed by atoms with E-state index in [9.17, 15) is 4.39 Å². The molecule has 74 valence electrons.